The van der Waals surface area contributed by atoms with Crippen LogP contribution in [0.15, 0.2) is 54.6 Å². The highest BCUT2D eigenvalue weighted by molar-refractivity contribution is 5.54. The molecule has 1 aromatic heterocycles. The molecule has 0 radical (unpaired) electrons. The number of nitrogens with zero attached hydrogens (tertiary/aromatic N) is 3. The van der Waals surface area contributed by atoms with Crippen LogP contribution >= 0.6 is 0 Å². The van der Waals surface area contributed by atoms with Gasteiger partial charge in [-0.15, -0.1) is 0 Å². The largest absolute Gasteiger partial charge is 0.486 e. The first-order chi connectivity index (χ1) is 10.2. The van der Waals surface area contributed by atoms with Crippen molar-refractivity contribution in [1.82, 2.24) is 14.8 Å². The van der Waals surface area contributed by atoms with Crippen LogP contribution in [0.1, 0.15) is 5.82 Å². The maximum absolute atomic E-state index is 5.72. The van der Waals surface area contributed by atoms with Gasteiger partial charge in [0.05, 0.1) is 0 Å². The van der Waals surface area contributed by atoms with Crippen molar-refractivity contribution in [2.24, 2.45) is 7.05 Å². The molecule has 0 bridgehead atoms. The predicted molar refractivity (Wildman–Crippen MR) is 81.6 cm³/mol. The number of nitrogens with two attached hydrogens (primary N) is 1. The standard InChI is InChI=1S/C16H16N4O/c1-20-15(11-21-14-9-5-8-13(17)10-14)18-16(19-20)12-6-3-2-4-7-12/h2-10H,11,17H2,1H3. The van der Waals surface area contributed by atoms with Gasteiger partial charge in [-0.2, -0.15) is 5.10 Å². The van der Waals surface area contributed by atoms with Gasteiger partial charge in [0.25, 0.3) is 0 Å². The van der Waals surface area contributed by atoms with Crippen molar-refractivity contribution in [1.29, 1.82) is 0 Å². The van der Waals surface area contributed by atoms with Crippen molar-refractivity contribution in [3.05, 3.63) is 60.4 Å². The van der Waals surface area contributed by atoms with Crippen LogP contribution in [-0.4, -0.2) is 14.8 Å². The van der Waals surface area contributed by atoms with E-state index in [1.165, 1.54) is 0 Å². The van der Waals surface area contributed by atoms with Crippen LogP contribution in [0.5, 0.6) is 5.75 Å². The first-order valence-corrected chi connectivity index (χ1v) is 6.66. The number of aryl methyl sites for hydroxylation is 1. The van der Waals surface area contributed by atoms with E-state index in [1.54, 1.807) is 10.7 Å². The zero-order valence-electron chi connectivity index (χ0n) is 11.7. The Hall–Kier alpha value is -2.82. The van der Waals surface area contributed by atoms with E-state index in [9.17, 15) is 0 Å². The average molecular weight is 280 g/mol. The Bertz CT molecular complexity index is 737. The van der Waals surface area contributed by atoms with Crippen molar-refractivity contribution in [2.45, 2.75) is 6.61 Å². The van der Waals surface area contributed by atoms with E-state index < -0.39 is 0 Å². The number of aromatic nitrogens is 3. The maximum Gasteiger partial charge on any atom is 0.181 e. The first kappa shape index (κ1) is 13.2. The lowest BCUT2D eigenvalue weighted by molar-refractivity contribution is 0.290. The number of benzene rings is 2. The Kier molecular flexibility index (Phi) is 3.55. The lowest BCUT2D eigenvalue weighted by Gasteiger charge is -2.05. The van der Waals surface area contributed by atoms with Crippen LogP contribution in [-0.2, 0) is 13.7 Å². The molecule has 5 nitrogen and oxygen atoms in total. The van der Waals surface area contributed by atoms with Crippen molar-refractivity contribution in [3.8, 4) is 17.1 Å². The quantitative estimate of drug-likeness (QED) is 0.746. The summed E-state index contributed by atoms with van der Waals surface area (Å²) >= 11 is 0. The molecule has 3 rings (SSSR count). The van der Waals surface area contributed by atoms with Crippen molar-refractivity contribution in [2.75, 3.05) is 5.73 Å². The SMILES string of the molecule is Cn1nc(-c2ccccc2)nc1COc1cccc(N)c1. The van der Waals surface area contributed by atoms with E-state index in [2.05, 4.69) is 10.1 Å². The van der Waals surface area contributed by atoms with Gasteiger partial charge in [0, 0.05) is 24.4 Å². The van der Waals surface area contributed by atoms with Crippen LogP contribution in [0.4, 0.5) is 5.69 Å². The zero-order chi connectivity index (χ0) is 14.7. The number of nitrogen functional groups attached to an aromatic ring is 1. The summed E-state index contributed by atoms with van der Waals surface area (Å²) in [5, 5.41) is 4.41. The summed E-state index contributed by atoms with van der Waals surface area (Å²) in [6.07, 6.45) is 0. The van der Waals surface area contributed by atoms with Crippen molar-refractivity contribution < 1.29 is 4.74 Å². The van der Waals surface area contributed by atoms with Gasteiger partial charge < -0.3 is 10.5 Å². The Morgan fingerprint density at radius 1 is 1.10 bits per heavy atom. The monoisotopic (exact) mass is 280 g/mol. The molecule has 106 valence electrons. The summed E-state index contributed by atoms with van der Waals surface area (Å²) in [5.74, 6) is 2.18. The zero-order valence-corrected chi connectivity index (χ0v) is 11.7. The molecule has 0 saturated carbocycles. The minimum absolute atomic E-state index is 0.347. The molecule has 2 N–H and O–H groups in total. The topological polar surface area (TPSA) is 66.0 Å². The molecule has 0 aliphatic rings. The number of hydrogen-bond donors (Lipinski definition) is 1. The van der Waals surface area contributed by atoms with E-state index in [4.69, 9.17) is 10.5 Å². The molecule has 3 aromatic rings. The average Bonchev–Trinajstić information content (AvgIpc) is 2.87. The lowest BCUT2D eigenvalue weighted by atomic mass is 10.2. The molecular formula is C16H16N4O. The van der Waals surface area contributed by atoms with Gasteiger partial charge in [0.15, 0.2) is 11.6 Å². The van der Waals surface area contributed by atoms with Crippen LogP contribution in [0, 0.1) is 0 Å². The van der Waals surface area contributed by atoms with Gasteiger partial charge in [-0.3, -0.25) is 0 Å². The van der Waals surface area contributed by atoms with E-state index in [-0.39, 0.29) is 0 Å². The highest BCUT2D eigenvalue weighted by Gasteiger charge is 2.09. The van der Waals surface area contributed by atoms with Gasteiger partial charge in [-0.25, -0.2) is 9.67 Å². The number of rotatable bonds is 4. The molecule has 2 aromatic carbocycles. The van der Waals surface area contributed by atoms with Crippen LogP contribution < -0.4 is 10.5 Å². The molecule has 0 fully saturated rings. The second-order valence-corrected chi connectivity index (χ2v) is 4.70. The molecule has 1 heterocycles. The van der Waals surface area contributed by atoms with E-state index in [0.29, 0.717) is 18.1 Å². The Balaban J connectivity index is 1.76. The number of anilines is 1. The molecule has 0 aliphatic heterocycles. The molecule has 0 unspecified atom stereocenters. The summed E-state index contributed by atoms with van der Waals surface area (Å²) in [6, 6.07) is 17.2. The summed E-state index contributed by atoms with van der Waals surface area (Å²) in [6.45, 7) is 0.347. The number of hydrogen-bond acceptors (Lipinski definition) is 4. The minimum atomic E-state index is 0.347. The summed E-state index contributed by atoms with van der Waals surface area (Å²) < 4.78 is 7.43. The fourth-order valence-electron chi connectivity index (χ4n) is 2.00. The first-order valence-electron chi connectivity index (χ1n) is 6.66. The van der Waals surface area contributed by atoms with Gasteiger partial charge in [-0.1, -0.05) is 36.4 Å². The lowest BCUT2D eigenvalue weighted by Crippen LogP contribution is -2.04. The van der Waals surface area contributed by atoms with Crippen LogP contribution in [0.3, 0.4) is 0 Å². The van der Waals surface area contributed by atoms with Gasteiger partial charge in [0.1, 0.15) is 12.4 Å². The summed E-state index contributed by atoms with van der Waals surface area (Å²) in [5.41, 5.74) is 7.39. The van der Waals surface area contributed by atoms with E-state index in [1.807, 2.05) is 55.6 Å². The van der Waals surface area contributed by atoms with Gasteiger partial charge in [-0.05, 0) is 12.1 Å². The highest BCUT2D eigenvalue weighted by atomic mass is 16.5. The molecule has 0 aliphatic carbocycles. The minimum Gasteiger partial charge on any atom is -0.486 e. The molecule has 0 amide bonds. The van der Waals surface area contributed by atoms with E-state index >= 15 is 0 Å². The van der Waals surface area contributed by atoms with Crippen LogP contribution in [0.25, 0.3) is 11.4 Å². The van der Waals surface area contributed by atoms with E-state index in [0.717, 1.165) is 17.1 Å². The van der Waals surface area contributed by atoms with Gasteiger partial charge in [0.2, 0.25) is 0 Å². The van der Waals surface area contributed by atoms with Gasteiger partial charge >= 0.3 is 0 Å². The Labute approximate surface area is 123 Å². The molecular weight excluding hydrogens is 264 g/mol. The Morgan fingerprint density at radius 3 is 2.67 bits per heavy atom. The predicted octanol–water partition coefficient (Wildman–Crippen LogP) is 2.64. The molecule has 0 saturated heterocycles. The summed E-state index contributed by atoms with van der Waals surface area (Å²) in [4.78, 5) is 4.51. The molecule has 0 atom stereocenters. The van der Waals surface area contributed by atoms with Crippen LogP contribution in [0.2, 0.25) is 0 Å². The second-order valence-electron chi connectivity index (χ2n) is 4.70. The highest BCUT2D eigenvalue weighted by Crippen LogP contribution is 2.18. The fraction of sp³-hybridized carbons (Fsp3) is 0.125. The fourth-order valence-corrected chi connectivity index (χ4v) is 2.00. The van der Waals surface area contributed by atoms with Crippen molar-refractivity contribution in [3.63, 3.8) is 0 Å². The third kappa shape index (κ3) is 3.02. The molecule has 21 heavy (non-hydrogen) atoms. The maximum atomic E-state index is 5.72. The molecule has 5 heteroatoms. The molecule has 0 spiro atoms. The second kappa shape index (κ2) is 5.66. The smallest absolute Gasteiger partial charge is 0.181 e. The number of ether oxygens (including phenoxy) is 1. The third-order valence-electron chi connectivity index (χ3n) is 3.11. The third-order valence-corrected chi connectivity index (χ3v) is 3.11. The van der Waals surface area contributed by atoms with Crippen molar-refractivity contribution >= 4 is 5.69 Å². The normalized spacial score (nSPS) is 10.5. The Morgan fingerprint density at radius 2 is 1.90 bits per heavy atom. The summed E-state index contributed by atoms with van der Waals surface area (Å²) in [7, 11) is 1.86.